The van der Waals surface area contributed by atoms with Crippen LogP contribution >= 0.6 is 0 Å². The van der Waals surface area contributed by atoms with E-state index < -0.39 is 41.1 Å². The lowest BCUT2D eigenvalue weighted by Gasteiger charge is -2.23. The molecule has 0 saturated heterocycles. The van der Waals surface area contributed by atoms with Crippen LogP contribution in [0.3, 0.4) is 0 Å². The van der Waals surface area contributed by atoms with E-state index in [1.165, 1.54) is 24.8 Å². The maximum absolute atomic E-state index is 13.3. The summed E-state index contributed by atoms with van der Waals surface area (Å²) >= 11 is 0. The van der Waals surface area contributed by atoms with Gasteiger partial charge in [0.05, 0.1) is 12.5 Å². The Morgan fingerprint density at radius 1 is 0.946 bits per heavy atom. The number of Topliss-reactive ketones (excluding diaryl/α,β-unsaturated/α-hetero) is 1. The number of benzene rings is 1. The molecule has 37 heavy (non-hydrogen) atoms. The molecule has 2 aromatic heterocycles. The van der Waals surface area contributed by atoms with Gasteiger partial charge in [-0.3, -0.25) is 24.0 Å². The summed E-state index contributed by atoms with van der Waals surface area (Å²) in [5, 5.41) is 7.79. The summed E-state index contributed by atoms with van der Waals surface area (Å²) in [4.78, 5) is 72.9. The Morgan fingerprint density at radius 3 is 2.35 bits per heavy atom. The highest BCUT2D eigenvalue weighted by atomic mass is 16.2. The molecule has 194 valence electrons. The van der Waals surface area contributed by atoms with Crippen molar-refractivity contribution in [2.24, 2.45) is 5.92 Å². The lowest BCUT2D eigenvalue weighted by molar-refractivity contribution is -0.140. The van der Waals surface area contributed by atoms with E-state index >= 15 is 0 Å². The third-order valence-electron chi connectivity index (χ3n) is 5.55. The van der Waals surface area contributed by atoms with Gasteiger partial charge in [0.25, 0.3) is 17.4 Å². The molecule has 3 rings (SSSR count). The molecule has 0 radical (unpaired) electrons. The molecule has 2 atom stereocenters. The highest BCUT2D eigenvalue weighted by Gasteiger charge is 2.31. The van der Waals surface area contributed by atoms with Crippen LogP contribution in [0.2, 0.25) is 0 Å². The van der Waals surface area contributed by atoms with Crippen LogP contribution in [0.25, 0.3) is 0 Å². The molecular weight excluding hydrogens is 476 g/mol. The van der Waals surface area contributed by atoms with Gasteiger partial charge >= 0.3 is 0 Å². The molecule has 1 aromatic carbocycles. The van der Waals surface area contributed by atoms with Crippen molar-refractivity contribution in [1.29, 1.82) is 0 Å². The van der Waals surface area contributed by atoms with Gasteiger partial charge in [-0.2, -0.15) is 0 Å². The number of ketones is 1. The first kappa shape index (κ1) is 27.1. The lowest BCUT2D eigenvalue weighted by atomic mass is 9.99. The fourth-order valence-electron chi connectivity index (χ4n) is 3.66. The number of H-pyrrole nitrogens is 2. The normalized spacial score (nSPS) is 12.4. The quantitative estimate of drug-likeness (QED) is 0.229. The summed E-state index contributed by atoms with van der Waals surface area (Å²) in [6.07, 6.45) is 4.18. The SMILES string of the molecule is CC(C)C[C@H](NC(=O)c1cnc[nH]1)C(=O)N[C@@H](Cc1ccc[nH]c1=O)C(=O)C(=O)NCc1ccccc1. The molecule has 5 N–H and O–H groups in total. The largest absolute Gasteiger partial charge is 0.345 e. The number of hydrogen-bond acceptors (Lipinski definition) is 6. The maximum Gasteiger partial charge on any atom is 0.289 e. The molecule has 3 amide bonds. The van der Waals surface area contributed by atoms with E-state index in [4.69, 9.17) is 0 Å². The van der Waals surface area contributed by atoms with Gasteiger partial charge in [-0.05, 0) is 24.0 Å². The van der Waals surface area contributed by atoms with Gasteiger partial charge in [-0.25, -0.2) is 4.98 Å². The van der Waals surface area contributed by atoms with Gasteiger partial charge < -0.3 is 25.9 Å². The Hall–Kier alpha value is -4.54. The molecule has 11 heteroatoms. The number of carbonyl (C=O) groups is 4. The second kappa shape index (κ2) is 13.0. The average Bonchev–Trinajstić information content (AvgIpc) is 3.43. The fourth-order valence-corrected chi connectivity index (χ4v) is 3.66. The zero-order chi connectivity index (χ0) is 26.8. The number of aromatic nitrogens is 3. The monoisotopic (exact) mass is 506 g/mol. The minimum absolute atomic E-state index is 0.0260. The lowest BCUT2D eigenvalue weighted by Crippen LogP contribution is -2.55. The summed E-state index contributed by atoms with van der Waals surface area (Å²) in [5.74, 6) is -2.97. The summed E-state index contributed by atoms with van der Waals surface area (Å²) in [7, 11) is 0. The third-order valence-corrected chi connectivity index (χ3v) is 5.55. The molecule has 0 aliphatic carbocycles. The highest BCUT2D eigenvalue weighted by Crippen LogP contribution is 2.08. The van der Waals surface area contributed by atoms with E-state index in [0.717, 1.165) is 5.56 Å². The third kappa shape index (κ3) is 7.99. The van der Waals surface area contributed by atoms with Gasteiger partial charge in [-0.1, -0.05) is 50.2 Å². The number of pyridine rings is 1. The number of nitrogens with one attached hydrogen (secondary N) is 5. The topological polar surface area (TPSA) is 166 Å². The van der Waals surface area contributed by atoms with Gasteiger partial charge in [0.2, 0.25) is 11.7 Å². The second-order valence-corrected chi connectivity index (χ2v) is 8.94. The minimum Gasteiger partial charge on any atom is -0.345 e. The molecule has 11 nitrogen and oxygen atoms in total. The van der Waals surface area contributed by atoms with Crippen molar-refractivity contribution in [3.63, 3.8) is 0 Å². The number of amides is 3. The molecule has 0 aliphatic heterocycles. The average molecular weight is 507 g/mol. The van der Waals surface area contributed by atoms with Crippen molar-refractivity contribution in [2.45, 2.75) is 45.3 Å². The maximum atomic E-state index is 13.3. The number of rotatable bonds is 12. The Balaban J connectivity index is 1.78. The zero-order valence-electron chi connectivity index (χ0n) is 20.6. The number of aromatic amines is 2. The van der Waals surface area contributed by atoms with E-state index in [1.54, 1.807) is 30.3 Å². The van der Waals surface area contributed by atoms with Crippen LogP contribution in [0.5, 0.6) is 0 Å². The number of hydrogen-bond donors (Lipinski definition) is 5. The van der Waals surface area contributed by atoms with Crippen molar-refractivity contribution >= 4 is 23.5 Å². The van der Waals surface area contributed by atoms with Crippen molar-refractivity contribution in [1.82, 2.24) is 30.9 Å². The zero-order valence-corrected chi connectivity index (χ0v) is 20.6. The van der Waals surface area contributed by atoms with Crippen molar-refractivity contribution in [3.8, 4) is 0 Å². The van der Waals surface area contributed by atoms with Gasteiger partial charge in [-0.15, -0.1) is 0 Å². The van der Waals surface area contributed by atoms with Gasteiger partial charge in [0.15, 0.2) is 0 Å². The van der Waals surface area contributed by atoms with Gasteiger partial charge in [0.1, 0.15) is 17.8 Å². The fraction of sp³-hybridized carbons (Fsp3) is 0.308. The van der Waals surface area contributed by atoms with Crippen LogP contribution in [0.1, 0.15) is 41.9 Å². The van der Waals surface area contributed by atoms with E-state index in [1.807, 2.05) is 19.9 Å². The number of imidazole rings is 1. The Morgan fingerprint density at radius 2 is 1.70 bits per heavy atom. The Labute approximate surface area is 213 Å². The number of carbonyl (C=O) groups excluding carboxylic acids is 4. The Bertz CT molecular complexity index is 1270. The van der Waals surface area contributed by atoms with Crippen LogP contribution < -0.4 is 21.5 Å². The Kier molecular flexibility index (Phi) is 9.48. The molecule has 3 aromatic rings. The molecule has 2 heterocycles. The standard InChI is InChI=1S/C26H30N6O5/c1-16(2)11-20(32-25(36)21-14-27-15-30-21)24(35)31-19(12-18-9-6-10-28-23(18)34)22(33)26(37)29-13-17-7-4-3-5-8-17/h3-10,14-16,19-20H,11-13H2,1-2H3,(H,27,30)(H,28,34)(H,29,37)(H,31,35)(H,32,36)/t19-,20-/m0/s1. The summed E-state index contributed by atoms with van der Waals surface area (Å²) < 4.78 is 0. The summed E-state index contributed by atoms with van der Waals surface area (Å²) in [6.45, 7) is 3.88. The minimum atomic E-state index is -1.33. The van der Waals surface area contributed by atoms with E-state index in [9.17, 15) is 24.0 Å². The highest BCUT2D eigenvalue weighted by molar-refractivity contribution is 6.38. The van der Waals surface area contributed by atoms with Gasteiger partial charge in [0, 0.05) is 24.7 Å². The van der Waals surface area contributed by atoms with Crippen LogP contribution in [-0.2, 0) is 27.3 Å². The van der Waals surface area contributed by atoms with Crippen molar-refractivity contribution in [2.75, 3.05) is 0 Å². The first-order chi connectivity index (χ1) is 17.7. The van der Waals surface area contributed by atoms with Crippen LogP contribution in [0, 0.1) is 5.92 Å². The van der Waals surface area contributed by atoms with Crippen molar-refractivity contribution < 1.29 is 19.2 Å². The molecule has 0 saturated carbocycles. The predicted molar refractivity (Wildman–Crippen MR) is 135 cm³/mol. The molecule has 0 bridgehead atoms. The van der Waals surface area contributed by atoms with Crippen molar-refractivity contribution in [3.05, 3.63) is 88.4 Å². The smallest absolute Gasteiger partial charge is 0.289 e. The van der Waals surface area contributed by atoms with Crippen LogP contribution in [0.15, 0.2) is 66.0 Å². The van der Waals surface area contributed by atoms with Crippen LogP contribution in [0.4, 0.5) is 0 Å². The molecule has 0 aliphatic rings. The molecule has 0 fully saturated rings. The first-order valence-corrected chi connectivity index (χ1v) is 11.9. The summed E-state index contributed by atoms with van der Waals surface area (Å²) in [5.41, 5.74) is 0.747. The number of nitrogens with zero attached hydrogens (tertiary/aromatic N) is 1. The van der Waals surface area contributed by atoms with Crippen LogP contribution in [-0.4, -0.2) is 50.5 Å². The molecular formula is C26H30N6O5. The predicted octanol–water partition coefficient (Wildman–Crippen LogP) is 0.856. The summed E-state index contributed by atoms with van der Waals surface area (Å²) in [6, 6.07) is 9.82. The molecule has 0 unspecified atom stereocenters. The molecule has 0 spiro atoms. The first-order valence-electron chi connectivity index (χ1n) is 11.9. The van der Waals surface area contributed by atoms with E-state index in [2.05, 4.69) is 30.9 Å². The van der Waals surface area contributed by atoms with E-state index in [-0.39, 0.29) is 36.6 Å². The second-order valence-electron chi connectivity index (χ2n) is 8.94. The van der Waals surface area contributed by atoms with E-state index in [0.29, 0.717) is 0 Å².